The molecule has 1 saturated carbocycles. The molecule has 1 aromatic rings. The average molecular weight is 262 g/mol. The number of benzene rings is 1. The quantitative estimate of drug-likeness (QED) is 0.783. The van der Waals surface area contributed by atoms with Crippen LogP contribution >= 0.6 is 0 Å². The van der Waals surface area contributed by atoms with Crippen LogP contribution in [0.3, 0.4) is 0 Å². The van der Waals surface area contributed by atoms with Crippen LogP contribution in [0.1, 0.15) is 31.2 Å². The van der Waals surface area contributed by atoms with Crippen molar-refractivity contribution in [1.82, 2.24) is 5.32 Å². The molecule has 0 radical (unpaired) electrons. The van der Waals surface area contributed by atoms with Gasteiger partial charge in [-0.15, -0.1) is 0 Å². The molecule has 0 spiro atoms. The first-order chi connectivity index (χ1) is 9.02. The maximum atomic E-state index is 11.9. The third kappa shape index (κ3) is 3.05. The Morgan fingerprint density at radius 2 is 1.74 bits per heavy atom. The lowest BCUT2D eigenvalue weighted by Crippen LogP contribution is -2.53. The van der Waals surface area contributed by atoms with Crippen molar-refractivity contribution in [2.24, 2.45) is 0 Å². The number of hydrogen-bond acceptors (Lipinski definition) is 2. The van der Waals surface area contributed by atoms with Crippen LogP contribution in [-0.2, 0) is 4.79 Å². The van der Waals surface area contributed by atoms with E-state index in [0.29, 0.717) is 18.5 Å². The molecule has 0 heterocycles. The first-order valence-electron chi connectivity index (χ1n) is 6.41. The predicted molar refractivity (Wildman–Crippen MR) is 72.2 cm³/mol. The van der Waals surface area contributed by atoms with E-state index in [-0.39, 0.29) is 0 Å². The highest BCUT2D eigenvalue weighted by atomic mass is 16.4. The van der Waals surface area contributed by atoms with Gasteiger partial charge in [0.15, 0.2) is 0 Å². The van der Waals surface area contributed by atoms with Crippen LogP contribution < -0.4 is 10.6 Å². The maximum absolute atomic E-state index is 11.9. The summed E-state index contributed by atoms with van der Waals surface area (Å²) < 4.78 is 0. The van der Waals surface area contributed by atoms with E-state index in [2.05, 4.69) is 10.6 Å². The van der Waals surface area contributed by atoms with Crippen molar-refractivity contribution in [3.8, 4) is 0 Å². The second-order valence-electron chi connectivity index (χ2n) is 5.04. The number of nitrogens with one attached hydrogen (secondary N) is 2. The van der Waals surface area contributed by atoms with Crippen molar-refractivity contribution in [3.05, 3.63) is 29.8 Å². The van der Waals surface area contributed by atoms with Gasteiger partial charge >= 0.3 is 12.0 Å². The van der Waals surface area contributed by atoms with Crippen molar-refractivity contribution < 1.29 is 14.7 Å². The van der Waals surface area contributed by atoms with Gasteiger partial charge in [-0.2, -0.15) is 0 Å². The molecule has 0 bridgehead atoms. The number of carbonyl (C=O) groups is 2. The molecule has 5 heteroatoms. The normalized spacial score (nSPS) is 16.9. The second kappa shape index (κ2) is 5.30. The summed E-state index contributed by atoms with van der Waals surface area (Å²) in [5.41, 5.74) is 0.653. The zero-order valence-corrected chi connectivity index (χ0v) is 10.9. The second-order valence-corrected chi connectivity index (χ2v) is 5.04. The van der Waals surface area contributed by atoms with E-state index in [9.17, 15) is 14.7 Å². The van der Waals surface area contributed by atoms with E-state index in [1.165, 1.54) is 0 Å². The first kappa shape index (κ1) is 13.4. The number of aryl methyl sites for hydroxylation is 1. The number of hydrogen-bond donors (Lipinski definition) is 3. The molecule has 3 N–H and O–H groups in total. The van der Waals surface area contributed by atoms with E-state index >= 15 is 0 Å². The molecule has 102 valence electrons. The average Bonchev–Trinajstić information content (AvgIpc) is 2.82. The Balaban J connectivity index is 2.00. The monoisotopic (exact) mass is 262 g/mol. The molecule has 2 amide bonds. The summed E-state index contributed by atoms with van der Waals surface area (Å²) in [7, 11) is 0. The molecular weight excluding hydrogens is 244 g/mol. The summed E-state index contributed by atoms with van der Waals surface area (Å²) in [6, 6.07) is 6.89. The van der Waals surface area contributed by atoms with Gasteiger partial charge in [0, 0.05) is 5.69 Å². The number of urea groups is 1. The summed E-state index contributed by atoms with van der Waals surface area (Å²) in [5, 5.41) is 14.5. The summed E-state index contributed by atoms with van der Waals surface area (Å²) in [4.78, 5) is 23.2. The van der Waals surface area contributed by atoms with E-state index in [4.69, 9.17) is 0 Å². The highest BCUT2D eigenvalue weighted by Gasteiger charge is 2.42. The van der Waals surface area contributed by atoms with Crippen LogP contribution in [0.25, 0.3) is 0 Å². The number of carboxylic acids is 1. The summed E-state index contributed by atoms with van der Waals surface area (Å²) >= 11 is 0. The molecular formula is C14H18N2O3. The van der Waals surface area contributed by atoms with E-state index in [1.54, 1.807) is 12.1 Å². The van der Waals surface area contributed by atoms with Gasteiger partial charge in [-0.1, -0.05) is 30.5 Å². The summed E-state index contributed by atoms with van der Waals surface area (Å²) in [6.45, 7) is 1.96. The van der Waals surface area contributed by atoms with Crippen molar-refractivity contribution in [2.45, 2.75) is 38.1 Å². The van der Waals surface area contributed by atoms with Crippen LogP contribution in [0.15, 0.2) is 24.3 Å². The molecule has 1 fully saturated rings. The highest BCUT2D eigenvalue weighted by molar-refractivity contribution is 5.94. The molecule has 0 atom stereocenters. The van der Waals surface area contributed by atoms with Gasteiger partial charge in [-0.25, -0.2) is 9.59 Å². The minimum atomic E-state index is -1.10. The Bertz CT molecular complexity index is 476. The van der Waals surface area contributed by atoms with Crippen LogP contribution in [0.2, 0.25) is 0 Å². The lowest BCUT2D eigenvalue weighted by molar-refractivity contribution is -0.144. The lowest BCUT2D eigenvalue weighted by Gasteiger charge is -2.25. The fraction of sp³-hybridized carbons (Fsp3) is 0.429. The van der Waals surface area contributed by atoms with Crippen LogP contribution in [0.4, 0.5) is 10.5 Å². The Morgan fingerprint density at radius 1 is 1.16 bits per heavy atom. The Morgan fingerprint density at radius 3 is 2.26 bits per heavy atom. The standard InChI is InChI=1S/C14H18N2O3/c1-10-4-6-11(7-5-10)15-13(19)16-14(12(17)18)8-2-3-9-14/h4-7H,2-3,8-9H2,1H3,(H,17,18)(H2,15,16,19). The largest absolute Gasteiger partial charge is 0.480 e. The molecule has 1 aliphatic carbocycles. The molecule has 5 nitrogen and oxygen atoms in total. The van der Waals surface area contributed by atoms with Gasteiger partial charge in [0.2, 0.25) is 0 Å². The fourth-order valence-electron chi connectivity index (χ4n) is 2.39. The number of carboxylic acid groups (broad SMARTS) is 1. The zero-order chi connectivity index (χ0) is 13.9. The fourth-order valence-corrected chi connectivity index (χ4v) is 2.39. The molecule has 0 aliphatic heterocycles. The number of rotatable bonds is 3. The van der Waals surface area contributed by atoms with Crippen molar-refractivity contribution in [3.63, 3.8) is 0 Å². The van der Waals surface area contributed by atoms with E-state index in [1.807, 2.05) is 19.1 Å². The van der Waals surface area contributed by atoms with Crippen LogP contribution in [0.5, 0.6) is 0 Å². The number of carbonyl (C=O) groups excluding carboxylic acids is 1. The number of aliphatic carboxylic acids is 1. The lowest BCUT2D eigenvalue weighted by atomic mass is 9.98. The Hall–Kier alpha value is -2.04. The molecule has 2 rings (SSSR count). The summed E-state index contributed by atoms with van der Waals surface area (Å²) in [6.07, 6.45) is 2.64. The van der Waals surface area contributed by atoms with Crippen LogP contribution in [-0.4, -0.2) is 22.6 Å². The summed E-state index contributed by atoms with van der Waals surface area (Å²) in [5.74, 6) is -0.955. The topological polar surface area (TPSA) is 78.4 Å². The molecule has 1 aliphatic rings. The Kier molecular flexibility index (Phi) is 3.74. The third-order valence-corrected chi connectivity index (χ3v) is 3.53. The SMILES string of the molecule is Cc1ccc(NC(=O)NC2(C(=O)O)CCCC2)cc1. The van der Waals surface area contributed by atoms with Gasteiger partial charge in [-0.05, 0) is 31.9 Å². The molecule has 0 unspecified atom stereocenters. The molecule has 0 saturated heterocycles. The van der Waals surface area contributed by atoms with Gasteiger partial charge in [0.05, 0.1) is 0 Å². The van der Waals surface area contributed by atoms with Crippen molar-refractivity contribution in [1.29, 1.82) is 0 Å². The minimum Gasteiger partial charge on any atom is -0.480 e. The minimum absolute atomic E-state index is 0.465. The highest BCUT2D eigenvalue weighted by Crippen LogP contribution is 2.30. The number of anilines is 1. The van der Waals surface area contributed by atoms with Gasteiger partial charge in [0.25, 0.3) is 0 Å². The van der Waals surface area contributed by atoms with E-state index < -0.39 is 17.5 Å². The maximum Gasteiger partial charge on any atom is 0.329 e. The Labute approximate surface area is 112 Å². The molecule has 0 aromatic heterocycles. The predicted octanol–water partition coefficient (Wildman–Crippen LogP) is 2.51. The van der Waals surface area contributed by atoms with Gasteiger partial charge < -0.3 is 15.7 Å². The molecule has 19 heavy (non-hydrogen) atoms. The van der Waals surface area contributed by atoms with Gasteiger partial charge in [0.1, 0.15) is 5.54 Å². The van der Waals surface area contributed by atoms with Gasteiger partial charge in [-0.3, -0.25) is 0 Å². The zero-order valence-electron chi connectivity index (χ0n) is 10.9. The van der Waals surface area contributed by atoms with Crippen molar-refractivity contribution in [2.75, 3.05) is 5.32 Å². The molecule has 1 aromatic carbocycles. The van der Waals surface area contributed by atoms with Crippen LogP contribution in [0, 0.1) is 6.92 Å². The van der Waals surface area contributed by atoms with E-state index in [0.717, 1.165) is 18.4 Å². The number of amides is 2. The third-order valence-electron chi connectivity index (χ3n) is 3.53. The smallest absolute Gasteiger partial charge is 0.329 e. The first-order valence-corrected chi connectivity index (χ1v) is 6.41. The van der Waals surface area contributed by atoms with Crippen molar-refractivity contribution >= 4 is 17.7 Å².